The van der Waals surface area contributed by atoms with Crippen LogP contribution in [0.25, 0.3) is 0 Å². The standard InChI is InChI=1S/C9H11BrN2O2S/c1-12(2)5-11-7-6(10)4-15-8(7)9(13)14-3/h4-5H,1-3H3/b11-5+. The van der Waals surface area contributed by atoms with Crippen LogP contribution < -0.4 is 0 Å². The summed E-state index contributed by atoms with van der Waals surface area (Å²) in [6, 6.07) is 0. The number of carbonyl (C=O) groups is 1. The minimum absolute atomic E-state index is 0.364. The summed E-state index contributed by atoms with van der Waals surface area (Å²) in [6.07, 6.45) is 1.64. The van der Waals surface area contributed by atoms with Gasteiger partial charge >= 0.3 is 5.97 Å². The topological polar surface area (TPSA) is 41.9 Å². The number of ether oxygens (including phenoxy) is 1. The number of methoxy groups -OCH3 is 1. The van der Waals surface area contributed by atoms with Crippen molar-refractivity contribution < 1.29 is 9.53 Å². The maximum Gasteiger partial charge on any atom is 0.350 e. The van der Waals surface area contributed by atoms with Gasteiger partial charge in [0, 0.05) is 19.5 Å². The normalized spacial score (nSPS) is 10.7. The molecule has 0 N–H and O–H groups in total. The van der Waals surface area contributed by atoms with Crippen LogP contribution in [0.15, 0.2) is 14.8 Å². The van der Waals surface area contributed by atoms with Crippen molar-refractivity contribution in [2.24, 2.45) is 4.99 Å². The van der Waals surface area contributed by atoms with Crippen molar-refractivity contribution in [3.8, 4) is 0 Å². The lowest BCUT2D eigenvalue weighted by atomic mass is 10.4. The summed E-state index contributed by atoms with van der Waals surface area (Å²) < 4.78 is 5.46. The van der Waals surface area contributed by atoms with Crippen molar-refractivity contribution in [1.82, 2.24) is 4.90 Å². The van der Waals surface area contributed by atoms with Crippen LogP contribution in [0.3, 0.4) is 0 Å². The molecule has 0 saturated carbocycles. The predicted octanol–water partition coefficient (Wildman–Crippen LogP) is 2.52. The van der Waals surface area contributed by atoms with E-state index in [4.69, 9.17) is 0 Å². The second kappa shape index (κ2) is 5.27. The van der Waals surface area contributed by atoms with Crippen LogP contribution in [-0.2, 0) is 4.74 Å². The third-order valence-electron chi connectivity index (χ3n) is 1.51. The van der Waals surface area contributed by atoms with Gasteiger partial charge in [0.1, 0.15) is 10.6 Å². The Morgan fingerprint density at radius 1 is 1.67 bits per heavy atom. The molecule has 0 aliphatic heterocycles. The maximum absolute atomic E-state index is 11.4. The molecule has 1 rings (SSSR count). The largest absolute Gasteiger partial charge is 0.465 e. The van der Waals surface area contributed by atoms with E-state index >= 15 is 0 Å². The molecule has 0 spiro atoms. The van der Waals surface area contributed by atoms with Gasteiger partial charge in [-0.3, -0.25) is 0 Å². The van der Waals surface area contributed by atoms with Gasteiger partial charge in [0.15, 0.2) is 0 Å². The summed E-state index contributed by atoms with van der Waals surface area (Å²) in [5.74, 6) is -0.364. The zero-order chi connectivity index (χ0) is 11.4. The molecule has 1 aromatic rings. The van der Waals surface area contributed by atoms with E-state index in [2.05, 4.69) is 25.7 Å². The summed E-state index contributed by atoms with van der Waals surface area (Å²) in [7, 11) is 5.08. The predicted molar refractivity (Wildman–Crippen MR) is 65.2 cm³/mol. The highest BCUT2D eigenvalue weighted by molar-refractivity contribution is 9.10. The lowest BCUT2D eigenvalue weighted by Crippen LogP contribution is -2.07. The number of halogens is 1. The van der Waals surface area contributed by atoms with E-state index in [1.54, 1.807) is 11.2 Å². The van der Waals surface area contributed by atoms with Crippen molar-refractivity contribution in [3.05, 3.63) is 14.7 Å². The van der Waals surface area contributed by atoms with E-state index < -0.39 is 0 Å². The first-order valence-corrected chi connectivity index (χ1v) is 5.79. The van der Waals surface area contributed by atoms with Crippen molar-refractivity contribution in [3.63, 3.8) is 0 Å². The summed E-state index contributed by atoms with van der Waals surface area (Å²) in [5.41, 5.74) is 0.612. The first kappa shape index (κ1) is 12.2. The summed E-state index contributed by atoms with van der Waals surface area (Å²) >= 11 is 4.64. The molecule has 1 heterocycles. The molecule has 0 aliphatic rings. The highest BCUT2D eigenvalue weighted by Crippen LogP contribution is 2.35. The molecule has 4 nitrogen and oxygen atoms in total. The van der Waals surface area contributed by atoms with E-state index in [-0.39, 0.29) is 5.97 Å². The molecule has 0 aromatic carbocycles. The van der Waals surface area contributed by atoms with Crippen LogP contribution in [-0.4, -0.2) is 38.4 Å². The third-order valence-corrected chi connectivity index (χ3v) is 3.37. The average molecular weight is 291 g/mol. The molecule has 82 valence electrons. The van der Waals surface area contributed by atoms with Crippen LogP contribution in [0.5, 0.6) is 0 Å². The molecular formula is C9H11BrN2O2S. The number of hydrogen-bond acceptors (Lipinski definition) is 4. The van der Waals surface area contributed by atoms with Gasteiger partial charge in [-0.2, -0.15) is 0 Å². The number of carbonyl (C=O) groups excluding carboxylic acids is 1. The third kappa shape index (κ3) is 3.04. The number of aliphatic imine (C=N–C) groups is 1. The first-order valence-electron chi connectivity index (χ1n) is 4.12. The molecule has 0 fully saturated rings. The number of esters is 1. The van der Waals surface area contributed by atoms with Crippen LogP contribution >= 0.6 is 27.3 Å². The molecule has 1 aromatic heterocycles. The summed E-state index contributed by atoms with van der Waals surface area (Å²) in [5, 5.41) is 1.81. The Hall–Kier alpha value is -0.880. The van der Waals surface area contributed by atoms with Gasteiger partial charge in [0.05, 0.1) is 17.9 Å². The monoisotopic (exact) mass is 290 g/mol. The summed E-state index contributed by atoms with van der Waals surface area (Å²) in [4.78, 5) is 17.9. The molecule has 0 bridgehead atoms. The van der Waals surface area contributed by atoms with Crippen LogP contribution in [0.4, 0.5) is 5.69 Å². The Bertz CT molecular complexity index is 387. The Balaban J connectivity index is 3.04. The van der Waals surface area contributed by atoms with Crippen molar-refractivity contribution in [1.29, 1.82) is 0 Å². The van der Waals surface area contributed by atoms with E-state index in [1.165, 1.54) is 18.4 Å². The highest BCUT2D eigenvalue weighted by Gasteiger charge is 2.16. The number of thiophene rings is 1. The van der Waals surface area contributed by atoms with Gasteiger partial charge in [-0.15, -0.1) is 11.3 Å². The molecular weight excluding hydrogens is 280 g/mol. The van der Waals surface area contributed by atoms with Gasteiger partial charge in [-0.1, -0.05) is 0 Å². The molecule has 15 heavy (non-hydrogen) atoms. The zero-order valence-corrected chi connectivity index (χ0v) is 11.1. The highest BCUT2D eigenvalue weighted by atomic mass is 79.9. The SMILES string of the molecule is COC(=O)c1scc(Br)c1/N=C/N(C)C. The van der Waals surface area contributed by atoms with E-state index in [1.807, 2.05) is 19.5 Å². The Morgan fingerprint density at radius 2 is 2.33 bits per heavy atom. The number of nitrogens with zero attached hydrogens (tertiary/aromatic N) is 2. The average Bonchev–Trinajstić information content (AvgIpc) is 2.55. The first-order chi connectivity index (χ1) is 7.06. The van der Waals surface area contributed by atoms with Gasteiger partial charge in [0.25, 0.3) is 0 Å². The minimum Gasteiger partial charge on any atom is -0.465 e. The van der Waals surface area contributed by atoms with Crippen molar-refractivity contribution in [2.45, 2.75) is 0 Å². The quantitative estimate of drug-likeness (QED) is 0.488. The van der Waals surface area contributed by atoms with Crippen LogP contribution in [0.2, 0.25) is 0 Å². The lowest BCUT2D eigenvalue weighted by Gasteiger charge is -2.03. The van der Waals surface area contributed by atoms with Gasteiger partial charge in [0.2, 0.25) is 0 Å². The Kier molecular flexibility index (Phi) is 4.28. The smallest absolute Gasteiger partial charge is 0.350 e. The molecule has 0 radical (unpaired) electrons. The molecule has 0 aliphatic carbocycles. The van der Waals surface area contributed by atoms with Crippen molar-refractivity contribution >= 4 is 45.3 Å². The Labute approximate surface area is 101 Å². The van der Waals surface area contributed by atoms with E-state index in [0.717, 1.165) is 4.47 Å². The van der Waals surface area contributed by atoms with Gasteiger partial charge < -0.3 is 9.64 Å². The molecule has 0 unspecified atom stereocenters. The van der Waals surface area contributed by atoms with Crippen LogP contribution in [0, 0.1) is 0 Å². The minimum atomic E-state index is -0.364. The van der Waals surface area contributed by atoms with Gasteiger partial charge in [-0.25, -0.2) is 9.79 Å². The number of hydrogen-bond donors (Lipinski definition) is 0. The second-order valence-corrected chi connectivity index (χ2v) is 4.70. The van der Waals surface area contributed by atoms with E-state index in [9.17, 15) is 4.79 Å². The van der Waals surface area contributed by atoms with Crippen LogP contribution in [0.1, 0.15) is 9.67 Å². The molecule has 0 saturated heterocycles. The van der Waals surface area contributed by atoms with E-state index in [0.29, 0.717) is 10.6 Å². The second-order valence-electron chi connectivity index (χ2n) is 2.96. The fourth-order valence-corrected chi connectivity index (χ4v) is 2.36. The Morgan fingerprint density at radius 3 is 2.87 bits per heavy atom. The molecule has 0 atom stereocenters. The summed E-state index contributed by atoms with van der Waals surface area (Å²) in [6.45, 7) is 0. The molecule has 6 heteroatoms. The maximum atomic E-state index is 11.4. The zero-order valence-electron chi connectivity index (χ0n) is 8.65. The molecule has 0 amide bonds. The van der Waals surface area contributed by atoms with Crippen molar-refractivity contribution in [2.75, 3.05) is 21.2 Å². The van der Waals surface area contributed by atoms with Gasteiger partial charge in [-0.05, 0) is 15.9 Å². The lowest BCUT2D eigenvalue weighted by molar-refractivity contribution is 0.0607. The fraction of sp³-hybridized carbons (Fsp3) is 0.333. The number of rotatable bonds is 3. The fourth-order valence-electron chi connectivity index (χ4n) is 0.862.